The van der Waals surface area contributed by atoms with Gasteiger partial charge in [-0.25, -0.2) is 0 Å². The van der Waals surface area contributed by atoms with Gasteiger partial charge in [-0.15, -0.1) is 0 Å². The minimum absolute atomic E-state index is 1.03. The monoisotopic (exact) mass is 276 g/mol. The van der Waals surface area contributed by atoms with Gasteiger partial charge in [0.25, 0.3) is 0 Å². The van der Waals surface area contributed by atoms with Gasteiger partial charge in [0.1, 0.15) is 0 Å². The summed E-state index contributed by atoms with van der Waals surface area (Å²) in [7, 11) is 0. The summed E-state index contributed by atoms with van der Waals surface area (Å²) in [6, 6.07) is 6.50. The highest BCUT2D eigenvalue weighted by Crippen LogP contribution is 2.15. The van der Waals surface area contributed by atoms with E-state index >= 15 is 0 Å². The molecule has 0 aliphatic carbocycles. The molecule has 1 aromatic rings. The van der Waals surface area contributed by atoms with E-state index in [2.05, 4.69) is 57.0 Å². The Labute approximate surface area is 84.3 Å². The second-order valence-electron chi connectivity index (χ2n) is 2.58. The van der Waals surface area contributed by atoms with E-state index in [9.17, 15) is 0 Å². The zero-order valence-corrected chi connectivity index (χ0v) is 9.57. The summed E-state index contributed by atoms with van der Waals surface area (Å²) in [5.41, 5.74) is 2.70. The SMILES string of the molecule is Cc1cc(Br)cc(CCBr)c1. The maximum Gasteiger partial charge on any atom is 0.0180 e. The van der Waals surface area contributed by atoms with E-state index in [0.717, 1.165) is 11.8 Å². The Morgan fingerprint density at radius 1 is 1.27 bits per heavy atom. The molecule has 0 atom stereocenters. The van der Waals surface area contributed by atoms with E-state index in [1.165, 1.54) is 15.6 Å². The van der Waals surface area contributed by atoms with Gasteiger partial charge >= 0.3 is 0 Å². The standard InChI is InChI=1S/C9H10Br2/c1-7-4-8(2-3-10)6-9(11)5-7/h4-6H,2-3H2,1H3. The van der Waals surface area contributed by atoms with Crippen LogP contribution in [0.5, 0.6) is 0 Å². The predicted molar refractivity (Wildman–Crippen MR) is 56.4 cm³/mol. The average molecular weight is 278 g/mol. The van der Waals surface area contributed by atoms with Gasteiger partial charge in [0.2, 0.25) is 0 Å². The largest absolute Gasteiger partial charge is 0.0924 e. The second kappa shape index (κ2) is 4.27. The molecule has 0 bridgehead atoms. The van der Waals surface area contributed by atoms with Crippen molar-refractivity contribution >= 4 is 31.9 Å². The van der Waals surface area contributed by atoms with Crippen molar-refractivity contribution in [3.63, 3.8) is 0 Å². The van der Waals surface area contributed by atoms with Crippen molar-refractivity contribution in [3.05, 3.63) is 33.8 Å². The van der Waals surface area contributed by atoms with Crippen LogP contribution < -0.4 is 0 Å². The summed E-state index contributed by atoms with van der Waals surface area (Å²) in [6.45, 7) is 2.11. The first-order chi connectivity index (χ1) is 5.22. The Morgan fingerprint density at radius 2 is 2.00 bits per heavy atom. The zero-order chi connectivity index (χ0) is 8.27. The van der Waals surface area contributed by atoms with Gasteiger partial charge in [0, 0.05) is 9.80 Å². The van der Waals surface area contributed by atoms with E-state index in [4.69, 9.17) is 0 Å². The van der Waals surface area contributed by atoms with Gasteiger partial charge in [0.05, 0.1) is 0 Å². The van der Waals surface area contributed by atoms with Crippen molar-refractivity contribution in [1.29, 1.82) is 0 Å². The Balaban J connectivity index is 2.89. The molecule has 0 aliphatic heterocycles. The van der Waals surface area contributed by atoms with E-state index in [1.807, 2.05) is 0 Å². The second-order valence-corrected chi connectivity index (χ2v) is 4.28. The van der Waals surface area contributed by atoms with Gasteiger partial charge < -0.3 is 0 Å². The first kappa shape index (κ1) is 9.27. The predicted octanol–water partition coefficient (Wildman–Crippen LogP) is 3.69. The lowest BCUT2D eigenvalue weighted by Crippen LogP contribution is -1.86. The number of hydrogen-bond donors (Lipinski definition) is 0. The van der Waals surface area contributed by atoms with Crippen LogP contribution in [0.2, 0.25) is 0 Å². The van der Waals surface area contributed by atoms with Crippen LogP contribution in [-0.2, 0) is 6.42 Å². The maximum absolute atomic E-state index is 3.47. The Kier molecular flexibility index (Phi) is 3.60. The first-order valence-corrected chi connectivity index (χ1v) is 5.46. The van der Waals surface area contributed by atoms with Crippen LogP contribution in [0, 0.1) is 6.92 Å². The van der Waals surface area contributed by atoms with Crippen LogP contribution in [0.15, 0.2) is 22.7 Å². The smallest absolute Gasteiger partial charge is 0.0180 e. The highest BCUT2D eigenvalue weighted by Gasteiger charge is 1.94. The molecule has 0 nitrogen and oxygen atoms in total. The van der Waals surface area contributed by atoms with Crippen LogP contribution >= 0.6 is 31.9 Å². The molecule has 1 aromatic carbocycles. The molecule has 0 aromatic heterocycles. The minimum Gasteiger partial charge on any atom is -0.0924 e. The molecule has 0 saturated carbocycles. The fourth-order valence-electron chi connectivity index (χ4n) is 1.07. The zero-order valence-electron chi connectivity index (χ0n) is 6.40. The molecule has 0 N–H and O–H groups in total. The number of hydrogen-bond acceptors (Lipinski definition) is 0. The van der Waals surface area contributed by atoms with Crippen LogP contribution in [0.4, 0.5) is 0 Å². The van der Waals surface area contributed by atoms with Crippen LogP contribution in [-0.4, -0.2) is 5.33 Å². The molecule has 0 unspecified atom stereocenters. The van der Waals surface area contributed by atoms with Gasteiger partial charge in [0.15, 0.2) is 0 Å². The summed E-state index contributed by atoms with van der Waals surface area (Å²) in [6.07, 6.45) is 1.10. The molecule has 0 radical (unpaired) electrons. The third kappa shape index (κ3) is 2.96. The minimum atomic E-state index is 1.03. The number of benzene rings is 1. The molecule has 60 valence electrons. The number of alkyl halides is 1. The van der Waals surface area contributed by atoms with Crippen molar-refractivity contribution in [2.45, 2.75) is 13.3 Å². The summed E-state index contributed by atoms with van der Waals surface area (Å²) < 4.78 is 1.17. The maximum atomic E-state index is 3.47. The molecular weight excluding hydrogens is 268 g/mol. The van der Waals surface area contributed by atoms with Gasteiger partial charge in [-0.1, -0.05) is 37.9 Å². The van der Waals surface area contributed by atoms with Crippen molar-refractivity contribution < 1.29 is 0 Å². The molecule has 0 saturated heterocycles. The average Bonchev–Trinajstić information content (AvgIpc) is 1.85. The molecule has 0 spiro atoms. The highest BCUT2D eigenvalue weighted by atomic mass is 79.9. The molecule has 0 heterocycles. The molecular formula is C9H10Br2. The molecule has 1 rings (SSSR count). The number of halogens is 2. The lowest BCUT2D eigenvalue weighted by atomic mass is 10.1. The molecule has 11 heavy (non-hydrogen) atoms. The highest BCUT2D eigenvalue weighted by molar-refractivity contribution is 9.10. The molecule has 2 heteroatoms. The lowest BCUT2D eigenvalue weighted by Gasteiger charge is -2.00. The molecule has 0 fully saturated rings. The Morgan fingerprint density at radius 3 is 2.55 bits per heavy atom. The van der Waals surface area contributed by atoms with Crippen LogP contribution in [0.3, 0.4) is 0 Å². The van der Waals surface area contributed by atoms with Crippen molar-refractivity contribution in [1.82, 2.24) is 0 Å². The Hall–Kier alpha value is 0.180. The Bertz CT molecular complexity index is 223. The fourth-order valence-corrected chi connectivity index (χ4v) is 2.18. The van der Waals surface area contributed by atoms with E-state index in [0.29, 0.717) is 0 Å². The third-order valence-electron chi connectivity index (χ3n) is 1.49. The first-order valence-electron chi connectivity index (χ1n) is 3.54. The van der Waals surface area contributed by atoms with Gasteiger partial charge in [-0.3, -0.25) is 0 Å². The quantitative estimate of drug-likeness (QED) is 0.724. The lowest BCUT2D eigenvalue weighted by molar-refractivity contribution is 1.15. The fraction of sp³-hybridized carbons (Fsp3) is 0.333. The van der Waals surface area contributed by atoms with E-state index < -0.39 is 0 Å². The normalized spacial score (nSPS) is 10.1. The van der Waals surface area contributed by atoms with Gasteiger partial charge in [-0.05, 0) is 36.6 Å². The summed E-state index contributed by atoms with van der Waals surface area (Å²) in [4.78, 5) is 0. The summed E-state index contributed by atoms with van der Waals surface area (Å²) in [5.74, 6) is 0. The van der Waals surface area contributed by atoms with Gasteiger partial charge in [-0.2, -0.15) is 0 Å². The van der Waals surface area contributed by atoms with Crippen LogP contribution in [0.1, 0.15) is 11.1 Å². The summed E-state index contributed by atoms with van der Waals surface area (Å²) in [5, 5.41) is 1.03. The van der Waals surface area contributed by atoms with E-state index in [1.54, 1.807) is 0 Å². The third-order valence-corrected chi connectivity index (χ3v) is 2.34. The van der Waals surface area contributed by atoms with E-state index in [-0.39, 0.29) is 0 Å². The van der Waals surface area contributed by atoms with Crippen molar-refractivity contribution in [3.8, 4) is 0 Å². The topological polar surface area (TPSA) is 0 Å². The summed E-state index contributed by atoms with van der Waals surface area (Å²) >= 11 is 6.89. The molecule has 0 aliphatic rings. The van der Waals surface area contributed by atoms with Crippen LogP contribution in [0.25, 0.3) is 0 Å². The number of aryl methyl sites for hydroxylation is 2. The van der Waals surface area contributed by atoms with Crippen molar-refractivity contribution in [2.24, 2.45) is 0 Å². The molecule has 0 amide bonds. The van der Waals surface area contributed by atoms with Crippen molar-refractivity contribution in [2.75, 3.05) is 5.33 Å². The number of rotatable bonds is 2.